The molecule has 0 aliphatic carbocycles. The monoisotopic (exact) mass is 407 g/mol. The number of thiophene rings is 1. The SMILES string of the molecule is CCN(CC)S(=O)(=O)C1C(=O)C(NC(=O)Nc2ccsc2Cl)=NN1C. The van der Waals surface area contributed by atoms with Crippen molar-refractivity contribution in [2.75, 3.05) is 25.5 Å². The van der Waals surface area contributed by atoms with Crippen molar-refractivity contribution < 1.29 is 18.0 Å². The number of sulfonamides is 1. The van der Waals surface area contributed by atoms with Crippen molar-refractivity contribution in [3.05, 3.63) is 15.8 Å². The van der Waals surface area contributed by atoms with Gasteiger partial charge >= 0.3 is 6.03 Å². The number of Topliss-reactive ketones (excluding diaryl/α,β-unsaturated/α-hetero) is 1. The Morgan fingerprint density at radius 2 is 2.04 bits per heavy atom. The molecular formula is C13H18ClN5O4S2. The van der Waals surface area contributed by atoms with Gasteiger partial charge in [-0.15, -0.1) is 11.3 Å². The first-order chi connectivity index (χ1) is 11.7. The molecule has 2 rings (SSSR count). The summed E-state index contributed by atoms with van der Waals surface area (Å²) in [6.45, 7) is 3.82. The number of hydrazone groups is 1. The fourth-order valence-electron chi connectivity index (χ4n) is 2.33. The van der Waals surface area contributed by atoms with Gasteiger partial charge in [-0.05, 0) is 11.4 Å². The van der Waals surface area contributed by atoms with Gasteiger partial charge < -0.3 is 5.32 Å². The molecule has 1 aliphatic heterocycles. The standard InChI is InChI=1S/C13H18ClN5O4S2/c1-4-19(5-2)25(22,23)12-9(20)11(17-18(12)3)16-13(21)15-8-6-7-24-10(8)14/h6-7,12H,4-5H2,1-3H3,(H2,15,16,17,21). The highest BCUT2D eigenvalue weighted by Gasteiger charge is 2.46. The summed E-state index contributed by atoms with van der Waals surface area (Å²) in [5.74, 6) is -1.13. The summed E-state index contributed by atoms with van der Waals surface area (Å²) in [5.41, 5.74) is 0.385. The topological polar surface area (TPSA) is 111 Å². The number of amides is 2. The Kier molecular flexibility index (Phi) is 6.03. The number of ketones is 1. The number of nitrogens with one attached hydrogen (secondary N) is 2. The van der Waals surface area contributed by atoms with E-state index in [9.17, 15) is 18.0 Å². The van der Waals surface area contributed by atoms with Crippen molar-refractivity contribution in [2.45, 2.75) is 19.2 Å². The van der Waals surface area contributed by atoms with E-state index in [1.54, 1.807) is 25.3 Å². The molecule has 0 fully saturated rings. The Balaban J connectivity index is 2.12. The Bertz CT molecular complexity index is 803. The molecule has 0 bridgehead atoms. The van der Waals surface area contributed by atoms with E-state index < -0.39 is 27.2 Å². The molecule has 1 atom stereocenters. The summed E-state index contributed by atoms with van der Waals surface area (Å²) in [5, 5.41) is 9.82. The molecule has 1 aromatic rings. The highest BCUT2D eigenvalue weighted by Crippen LogP contribution is 2.27. The van der Waals surface area contributed by atoms with Gasteiger partial charge in [0.05, 0.1) is 5.69 Å². The second-order valence-corrected chi connectivity index (χ2v) is 8.57. The van der Waals surface area contributed by atoms with E-state index in [1.807, 2.05) is 0 Å². The Morgan fingerprint density at radius 1 is 1.40 bits per heavy atom. The van der Waals surface area contributed by atoms with Crippen molar-refractivity contribution in [1.82, 2.24) is 14.6 Å². The minimum atomic E-state index is -3.92. The van der Waals surface area contributed by atoms with Crippen LogP contribution in [0.2, 0.25) is 4.34 Å². The van der Waals surface area contributed by atoms with Gasteiger partial charge in [-0.25, -0.2) is 17.5 Å². The van der Waals surface area contributed by atoms with E-state index in [-0.39, 0.29) is 18.9 Å². The first kappa shape index (κ1) is 19.6. The summed E-state index contributed by atoms with van der Waals surface area (Å²) in [6, 6.07) is 0.867. The van der Waals surface area contributed by atoms with E-state index in [0.29, 0.717) is 10.0 Å². The third kappa shape index (κ3) is 3.94. The van der Waals surface area contributed by atoms with E-state index in [1.165, 1.54) is 22.7 Å². The number of halogens is 1. The van der Waals surface area contributed by atoms with Crippen molar-refractivity contribution in [3.63, 3.8) is 0 Å². The van der Waals surface area contributed by atoms with Crippen molar-refractivity contribution >= 4 is 56.3 Å². The van der Waals surface area contributed by atoms with Crippen LogP contribution in [0, 0.1) is 0 Å². The number of carbonyl (C=O) groups is 2. The molecule has 2 amide bonds. The van der Waals surface area contributed by atoms with Crippen LogP contribution in [0.15, 0.2) is 16.5 Å². The van der Waals surface area contributed by atoms with Gasteiger partial charge in [0.1, 0.15) is 4.34 Å². The molecule has 12 heteroatoms. The first-order valence-corrected chi connectivity index (χ1v) is 10.1. The maximum absolute atomic E-state index is 12.6. The molecule has 0 aromatic carbocycles. The molecule has 1 unspecified atom stereocenters. The number of hydrogen-bond donors (Lipinski definition) is 2. The molecule has 1 aromatic heterocycles. The largest absolute Gasteiger partial charge is 0.325 e. The number of hydrogen-bond acceptors (Lipinski definition) is 7. The van der Waals surface area contributed by atoms with E-state index in [4.69, 9.17) is 11.6 Å². The third-order valence-corrected chi connectivity index (χ3v) is 6.99. The maximum Gasteiger partial charge on any atom is 0.325 e. The van der Waals surface area contributed by atoms with Crippen LogP contribution in [0.4, 0.5) is 10.5 Å². The van der Waals surface area contributed by atoms with Gasteiger partial charge in [0.15, 0.2) is 0 Å². The average Bonchev–Trinajstić information content (AvgIpc) is 3.04. The van der Waals surface area contributed by atoms with Gasteiger partial charge in [0.25, 0.3) is 0 Å². The summed E-state index contributed by atoms with van der Waals surface area (Å²) >= 11 is 7.12. The summed E-state index contributed by atoms with van der Waals surface area (Å²) in [7, 11) is -2.55. The van der Waals surface area contributed by atoms with Crippen LogP contribution in [0.25, 0.3) is 0 Å². The lowest BCUT2D eigenvalue weighted by Crippen LogP contribution is -2.49. The minimum Gasteiger partial charge on any atom is -0.305 e. The Labute approximate surface area is 154 Å². The molecule has 9 nitrogen and oxygen atoms in total. The Hall–Kier alpha value is -1.69. The second kappa shape index (κ2) is 7.68. The van der Waals surface area contributed by atoms with Gasteiger partial charge in [-0.3, -0.25) is 15.1 Å². The van der Waals surface area contributed by atoms with Crippen LogP contribution < -0.4 is 10.6 Å². The molecule has 0 saturated heterocycles. The Morgan fingerprint density at radius 3 is 2.56 bits per heavy atom. The highest BCUT2D eigenvalue weighted by molar-refractivity contribution is 7.90. The zero-order valence-electron chi connectivity index (χ0n) is 13.8. The zero-order valence-corrected chi connectivity index (χ0v) is 16.2. The summed E-state index contributed by atoms with van der Waals surface area (Å²) < 4.78 is 26.7. The van der Waals surface area contributed by atoms with Gasteiger partial charge in [0, 0.05) is 20.1 Å². The number of urea groups is 1. The molecule has 0 spiro atoms. The average molecular weight is 408 g/mol. The van der Waals surface area contributed by atoms with Crippen LogP contribution >= 0.6 is 22.9 Å². The highest BCUT2D eigenvalue weighted by atomic mass is 35.5. The number of nitrogens with zero attached hydrogens (tertiary/aromatic N) is 3. The van der Waals surface area contributed by atoms with E-state index >= 15 is 0 Å². The molecule has 0 radical (unpaired) electrons. The smallest absolute Gasteiger partial charge is 0.305 e. The summed E-state index contributed by atoms with van der Waals surface area (Å²) in [4.78, 5) is 24.4. The predicted octanol–water partition coefficient (Wildman–Crippen LogP) is 1.35. The fourth-order valence-corrected chi connectivity index (χ4v) is 4.98. The van der Waals surface area contributed by atoms with Crippen LogP contribution in [-0.4, -0.2) is 60.9 Å². The van der Waals surface area contributed by atoms with Crippen LogP contribution in [0.3, 0.4) is 0 Å². The molecule has 138 valence electrons. The van der Waals surface area contributed by atoms with Gasteiger partial charge in [-0.1, -0.05) is 25.4 Å². The normalized spacial score (nSPS) is 17.8. The quantitative estimate of drug-likeness (QED) is 0.765. The van der Waals surface area contributed by atoms with Crippen LogP contribution in [-0.2, 0) is 14.8 Å². The fraction of sp³-hybridized carbons (Fsp3) is 0.462. The second-order valence-electron chi connectivity index (χ2n) is 5.06. The van der Waals surface area contributed by atoms with Gasteiger partial charge in [-0.2, -0.15) is 5.10 Å². The number of likely N-dealkylation sites (N-methyl/N-ethyl adjacent to an activating group) is 1. The predicted molar refractivity (Wildman–Crippen MR) is 97.3 cm³/mol. The third-order valence-electron chi connectivity index (χ3n) is 3.50. The molecule has 2 heterocycles. The molecule has 25 heavy (non-hydrogen) atoms. The van der Waals surface area contributed by atoms with Crippen LogP contribution in [0.5, 0.6) is 0 Å². The molecule has 1 aliphatic rings. The van der Waals surface area contributed by atoms with Gasteiger partial charge in [0.2, 0.25) is 27.0 Å². The van der Waals surface area contributed by atoms with Crippen molar-refractivity contribution in [3.8, 4) is 0 Å². The molecule has 2 N–H and O–H groups in total. The molecule has 0 saturated carbocycles. The number of anilines is 1. The maximum atomic E-state index is 12.6. The van der Waals surface area contributed by atoms with Crippen molar-refractivity contribution in [2.24, 2.45) is 5.10 Å². The number of carbonyl (C=O) groups excluding carboxylic acids is 2. The lowest BCUT2D eigenvalue weighted by Gasteiger charge is -2.25. The van der Waals surface area contributed by atoms with E-state index in [2.05, 4.69) is 15.7 Å². The molecular weight excluding hydrogens is 390 g/mol. The van der Waals surface area contributed by atoms with Crippen molar-refractivity contribution in [1.29, 1.82) is 0 Å². The first-order valence-electron chi connectivity index (χ1n) is 7.38. The van der Waals surface area contributed by atoms with E-state index in [0.717, 1.165) is 5.01 Å². The number of rotatable bonds is 5. The minimum absolute atomic E-state index is 0.232. The lowest BCUT2D eigenvalue weighted by molar-refractivity contribution is -0.113. The summed E-state index contributed by atoms with van der Waals surface area (Å²) in [6.07, 6.45) is 0. The zero-order chi connectivity index (χ0) is 18.8. The van der Waals surface area contributed by atoms with Crippen LogP contribution in [0.1, 0.15) is 13.8 Å². The number of amidine groups is 1. The lowest BCUT2D eigenvalue weighted by atomic mass is 10.3.